The lowest BCUT2D eigenvalue weighted by atomic mass is 9.92. The molecule has 0 bridgehead atoms. The van der Waals surface area contributed by atoms with Gasteiger partial charge in [0.15, 0.2) is 0 Å². The van der Waals surface area contributed by atoms with Crippen LogP contribution in [-0.4, -0.2) is 28.1 Å². The maximum atomic E-state index is 12.7. The molecule has 0 radical (unpaired) electrons. The molecule has 1 N–H and O–H groups in total. The van der Waals surface area contributed by atoms with Crippen LogP contribution in [0.4, 0.5) is 10.5 Å². The van der Waals surface area contributed by atoms with Gasteiger partial charge in [-0.05, 0) is 18.6 Å². The van der Waals surface area contributed by atoms with Crippen LogP contribution in [0.1, 0.15) is 18.1 Å². The molecule has 2 aromatic carbocycles. The smallest absolute Gasteiger partial charge is 0.318 e. The molecule has 1 aliphatic rings. The summed E-state index contributed by atoms with van der Waals surface area (Å²) in [4.78, 5) is 35.2. The highest BCUT2D eigenvalue weighted by Gasteiger charge is 2.49. The Morgan fingerprint density at radius 3 is 2.58 bits per heavy atom. The summed E-state index contributed by atoms with van der Waals surface area (Å²) in [6.45, 7) is 1.59. The van der Waals surface area contributed by atoms with Gasteiger partial charge in [0.1, 0.15) is 10.6 Å². The molecule has 0 aromatic heterocycles. The van der Waals surface area contributed by atoms with Gasteiger partial charge in [-0.15, -0.1) is 5.01 Å². The monoisotopic (exact) mass is 372 g/mol. The summed E-state index contributed by atoms with van der Waals surface area (Å²) in [5.41, 5.74) is -0.572. The van der Waals surface area contributed by atoms with Gasteiger partial charge in [-0.3, -0.25) is 14.9 Å². The van der Waals surface area contributed by atoms with E-state index in [4.69, 9.17) is 11.6 Å². The fourth-order valence-corrected chi connectivity index (χ4v) is 2.76. The first kappa shape index (κ1) is 17.6. The molecular formula is C17H13ClN4O4. The number of nitrogens with zero attached hydrogens (tertiary/aromatic N) is 3. The Bertz CT molecular complexity index is 932. The predicted molar refractivity (Wildman–Crippen MR) is 94.9 cm³/mol. The van der Waals surface area contributed by atoms with Gasteiger partial charge < -0.3 is 5.32 Å². The largest absolute Gasteiger partial charge is 0.346 e. The molecule has 2 aromatic rings. The molecule has 1 saturated heterocycles. The zero-order chi connectivity index (χ0) is 18.9. The van der Waals surface area contributed by atoms with Crippen LogP contribution >= 0.6 is 11.6 Å². The average Bonchev–Trinajstić information content (AvgIpc) is 2.85. The Balaban J connectivity index is 1.88. The van der Waals surface area contributed by atoms with E-state index in [-0.39, 0.29) is 10.7 Å². The Kier molecular flexibility index (Phi) is 4.43. The minimum atomic E-state index is -1.23. The van der Waals surface area contributed by atoms with Crippen LogP contribution in [0.15, 0.2) is 53.6 Å². The third-order valence-corrected chi connectivity index (χ3v) is 4.33. The van der Waals surface area contributed by atoms with Gasteiger partial charge in [-0.1, -0.05) is 48.0 Å². The third-order valence-electron chi connectivity index (χ3n) is 4.01. The second-order valence-corrected chi connectivity index (χ2v) is 6.16. The van der Waals surface area contributed by atoms with Gasteiger partial charge in [0.2, 0.25) is 0 Å². The van der Waals surface area contributed by atoms with Crippen molar-refractivity contribution >= 4 is 35.4 Å². The van der Waals surface area contributed by atoms with Crippen molar-refractivity contribution in [3.8, 4) is 0 Å². The molecule has 0 aliphatic carbocycles. The highest BCUT2D eigenvalue weighted by Crippen LogP contribution is 2.29. The number of urea groups is 1. The second kappa shape index (κ2) is 6.57. The molecule has 1 aliphatic heterocycles. The number of rotatable bonds is 4. The van der Waals surface area contributed by atoms with Crippen molar-refractivity contribution in [1.82, 2.24) is 10.3 Å². The second-order valence-electron chi connectivity index (χ2n) is 5.75. The first-order valence-electron chi connectivity index (χ1n) is 7.53. The van der Waals surface area contributed by atoms with E-state index in [9.17, 15) is 19.7 Å². The Morgan fingerprint density at radius 1 is 1.23 bits per heavy atom. The molecule has 0 unspecified atom stereocenters. The topological polar surface area (TPSA) is 105 Å². The number of nitro benzene ring substituents is 1. The lowest BCUT2D eigenvalue weighted by Gasteiger charge is -2.20. The molecular weight excluding hydrogens is 360 g/mol. The van der Waals surface area contributed by atoms with Crippen molar-refractivity contribution in [2.24, 2.45) is 5.10 Å². The summed E-state index contributed by atoms with van der Waals surface area (Å²) in [5.74, 6) is -0.548. The maximum absolute atomic E-state index is 12.7. The number of carbonyl (C=O) groups is 2. The van der Waals surface area contributed by atoms with Crippen LogP contribution in [0.5, 0.6) is 0 Å². The van der Waals surface area contributed by atoms with E-state index in [0.29, 0.717) is 16.1 Å². The summed E-state index contributed by atoms with van der Waals surface area (Å²) in [7, 11) is 0. The van der Waals surface area contributed by atoms with E-state index < -0.39 is 22.4 Å². The van der Waals surface area contributed by atoms with Gasteiger partial charge in [0, 0.05) is 11.6 Å². The number of imide groups is 1. The standard InChI is InChI=1S/C17H13ClN4O4/c1-17(12-5-3-2-4-6-12)15(23)21(16(24)20-17)19-10-11-7-8-13(18)14(9-11)22(25)26/h2-10H,1H3,(H,20,24)/b19-10-/t17-/m0/s1. The third kappa shape index (κ3) is 3.02. The summed E-state index contributed by atoms with van der Waals surface area (Å²) >= 11 is 5.76. The average molecular weight is 373 g/mol. The van der Waals surface area contributed by atoms with E-state index in [1.807, 2.05) is 0 Å². The number of nitro groups is 1. The SMILES string of the molecule is C[C@@]1(c2ccccc2)NC(=O)N(/N=C\c2ccc(Cl)c([N+](=O)[O-])c2)C1=O. The molecule has 132 valence electrons. The minimum absolute atomic E-state index is 0.0150. The summed E-state index contributed by atoms with van der Waals surface area (Å²) < 4.78 is 0. The summed E-state index contributed by atoms with van der Waals surface area (Å²) in [5, 5.41) is 18.1. The minimum Gasteiger partial charge on any atom is -0.318 e. The fraction of sp³-hybridized carbons (Fsp3) is 0.118. The van der Waals surface area contributed by atoms with Gasteiger partial charge in [0.25, 0.3) is 11.6 Å². The number of benzene rings is 2. The number of carbonyl (C=O) groups excluding carboxylic acids is 2. The van der Waals surface area contributed by atoms with Gasteiger partial charge >= 0.3 is 6.03 Å². The number of hydrazone groups is 1. The Morgan fingerprint density at radius 2 is 1.92 bits per heavy atom. The summed E-state index contributed by atoms with van der Waals surface area (Å²) in [6.07, 6.45) is 1.19. The van der Waals surface area contributed by atoms with Crippen LogP contribution in [-0.2, 0) is 10.3 Å². The number of amides is 3. The van der Waals surface area contributed by atoms with Crippen molar-refractivity contribution < 1.29 is 14.5 Å². The molecule has 1 atom stereocenters. The van der Waals surface area contributed by atoms with Crippen molar-refractivity contribution in [2.75, 3.05) is 0 Å². The number of nitrogens with one attached hydrogen (secondary N) is 1. The molecule has 26 heavy (non-hydrogen) atoms. The van der Waals surface area contributed by atoms with Crippen molar-refractivity contribution in [3.63, 3.8) is 0 Å². The fourth-order valence-electron chi connectivity index (χ4n) is 2.57. The molecule has 1 fully saturated rings. The normalized spacial score (nSPS) is 19.8. The van der Waals surface area contributed by atoms with Gasteiger partial charge in [-0.2, -0.15) is 5.10 Å². The van der Waals surface area contributed by atoms with Crippen LogP contribution in [0.3, 0.4) is 0 Å². The predicted octanol–water partition coefficient (Wildman–Crippen LogP) is 3.05. The van der Waals surface area contributed by atoms with E-state index in [1.54, 1.807) is 37.3 Å². The first-order valence-corrected chi connectivity index (χ1v) is 7.91. The van der Waals surface area contributed by atoms with E-state index in [0.717, 1.165) is 0 Å². The molecule has 0 saturated carbocycles. The number of hydrogen-bond donors (Lipinski definition) is 1. The first-order chi connectivity index (χ1) is 12.3. The quantitative estimate of drug-likeness (QED) is 0.385. The summed E-state index contributed by atoms with van der Waals surface area (Å²) in [6, 6.07) is 12.2. The number of hydrogen-bond acceptors (Lipinski definition) is 5. The van der Waals surface area contributed by atoms with Crippen molar-refractivity contribution in [2.45, 2.75) is 12.5 Å². The van der Waals surface area contributed by atoms with Gasteiger partial charge in [-0.25, -0.2) is 4.79 Å². The molecule has 8 nitrogen and oxygen atoms in total. The maximum Gasteiger partial charge on any atom is 0.346 e. The zero-order valence-corrected chi connectivity index (χ0v) is 14.3. The van der Waals surface area contributed by atoms with E-state index in [1.165, 1.54) is 24.4 Å². The lowest BCUT2D eigenvalue weighted by Crippen LogP contribution is -2.40. The molecule has 3 amide bonds. The van der Waals surface area contributed by atoms with Crippen LogP contribution < -0.4 is 5.32 Å². The molecule has 3 rings (SSSR count). The van der Waals surface area contributed by atoms with Crippen molar-refractivity contribution in [1.29, 1.82) is 0 Å². The van der Waals surface area contributed by atoms with Crippen LogP contribution in [0, 0.1) is 10.1 Å². The van der Waals surface area contributed by atoms with Gasteiger partial charge in [0.05, 0.1) is 11.1 Å². The zero-order valence-electron chi connectivity index (χ0n) is 13.5. The Labute approximate surface area is 153 Å². The molecule has 1 heterocycles. The highest BCUT2D eigenvalue weighted by atomic mass is 35.5. The Hall–Kier alpha value is -3.26. The molecule has 0 spiro atoms. The lowest BCUT2D eigenvalue weighted by molar-refractivity contribution is -0.384. The van der Waals surface area contributed by atoms with E-state index in [2.05, 4.69) is 10.4 Å². The van der Waals surface area contributed by atoms with E-state index >= 15 is 0 Å². The highest BCUT2D eigenvalue weighted by molar-refractivity contribution is 6.32. The van der Waals surface area contributed by atoms with Crippen LogP contribution in [0.25, 0.3) is 0 Å². The number of halogens is 1. The van der Waals surface area contributed by atoms with Crippen LogP contribution in [0.2, 0.25) is 5.02 Å². The van der Waals surface area contributed by atoms with Crippen molar-refractivity contribution in [3.05, 3.63) is 74.8 Å². The molecule has 9 heteroatoms.